The van der Waals surface area contributed by atoms with E-state index in [1.165, 1.54) is 0 Å². The molecule has 1 aromatic carbocycles. The first kappa shape index (κ1) is 10.0. The summed E-state index contributed by atoms with van der Waals surface area (Å²) in [4.78, 5) is 4.12. The van der Waals surface area contributed by atoms with Crippen molar-refractivity contribution in [3.8, 4) is 0 Å². The molecule has 0 N–H and O–H groups in total. The maximum Gasteiger partial charge on any atom is 0.0412 e. The maximum absolute atomic E-state index is 5.85. The number of aryl methyl sites for hydroxylation is 1. The van der Waals surface area contributed by atoms with Crippen LogP contribution < -0.4 is 0 Å². The van der Waals surface area contributed by atoms with Crippen LogP contribution in [0.25, 0.3) is 0 Å². The highest BCUT2D eigenvalue weighted by Crippen LogP contribution is 2.13. The number of aliphatic imine (C=N–C) groups is 1. The zero-order chi connectivity index (χ0) is 9.84. The second-order valence-electron chi connectivity index (χ2n) is 2.99. The molecule has 0 amide bonds. The smallest absolute Gasteiger partial charge is 0.0412 e. The second-order valence-corrected chi connectivity index (χ2v) is 3.43. The van der Waals surface area contributed by atoms with Crippen molar-refractivity contribution in [1.29, 1.82) is 0 Å². The molecule has 0 fully saturated rings. The molecule has 0 saturated carbocycles. The van der Waals surface area contributed by atoms with E-state index in [-0.39, 0.29) is 0 Å². The molecule has 13 heavy (non-hydrogen) atoms. The predicted octanol–water partition coefficient (Wildman–Crippen LogP) is 3.60. The summed E-state index contributed by atoms with van der Waals surface area (Å²) >= 11 is 5.85. The number of hydrogen-bond donors (Lipinski definition) is 0. The van der Waals surface area contributed by atoms with E-state index in [0.717, 1.165) is 21.8 Å². The van der Waals surface area contributed by atoms with Crippen molar-refractivity contribution >= 4 is 17.8 Å². The lowest BCUT2D eigenvalue weighted by Crippen LogP contribution is -1.86. The van der Waals surface area contributed by atoms with Crippen molar-refractivity contribution < 1.29 is 0 Å². The van der Waals surface area contributed by atoms with Gasteiger partial charge in [-0.2, -0.15) is 0 Å². The molecular weight excluding hydrogens is 182 g/mol. The van der Waals surface area contributed by atoms with Gasteiger partial charge in [0, 0.05) is 16.9 Å². The van der Waals surface area contributed by atoms with Gasteiger partial charge in [-0.05, 0) is 37.1 Å². The van der Waals surface area contributed by atoms with E-state index in [9.17, 15) is 0 Å². The van der Waals surface area contributed by atoms with Gasteiger partial charge in [0.05, 0.1) is 0 Å². The zero-order valence-corrected chi connectivity index (χ0v) is 8.60. The molecule has 0 radical (unpaired) electrons. The topological polar surface area (TPSA) is 12.4 Å². The van der Waals surface area contributed by atoms with Gasteiger partial charge in [-0.15, -0.1) is 0 Å². The molecule has 0 unspecified atom stereocenters. The Bertz CT molecular complexity index is 353. The van der Waals surface area contributed by atoms with E-state index >= 15 is 0 Å². The molecule has 1 aromatic rings. The summed E-state index contributed by atoms with van der Waals surface area (Å²) in [6.07, 6.45) is 1.78. The number of hydrogen-bond acceptors (Lipinski definition) is 1. The molecule has 0 heterocycles. The molecular formula is C11H12ClN. The molecule has 0 bridgehead atoms. The quantitative estimate of drug-likeness (QED) is 0.637. The van der Waals surface area contributed by atoms with Crippen LogP contribution in [-0.2, 0) is 0 Å². The molecule has 0 spiro atoms. The Labute approximate surface area is 83.8 Å². The van der Waals surface area contributed by atoms with Crippen LogP contribution in [0.1, 0.15) is 18.1 Å². The monoisotopic (exact) mass is 193 g/mol. The number of nitrogens with zero attached hydrogens (tertiary/aromatic N) is 1. The molecule has 0 aliphatic carbocycles. The molecule has 0 aromatic heterocycles. The van der Waals surface area contributed by atoms with E-state index in [2.05, 4.69) is 11.6 Å². The Morgan fingerprint density at radius 2 is 2.23 bits per heavy atom. The lowest BCUT2D eigenvalue weighted by atomic mass is 10.1. The van der Waals surface area contributed by atoms with Crippen molar-refractivity contribution in [2.24, 2.45) is 4.99 Å². The number of rotatable bonds is 2. The molecule has 1 nitrogen and oxygen atoms in total. The van der Waals surface area contributed by atoms with E-state index in [0.29, 0.717) is 0 Å². The van der Waals surface area contributed by atoms with Gasteiger partial charge < -0.3 is 0 Å². The Morgan fingerprint density at radius 3 is 2.85 bits per heavy atom. The summed E-state index contributed by atoms with van der Waals surface area (Å²) in [5, 5.41) is 0.730. The van der Waals surface area contributed by atoms with Crippen LogP contribution in [0, 0.1) is 6.92 Å². The first-order valence-electron chi connectivity index (χ1n) is 4.05. The van der Waals surface area contributed by atoms with Crippen molar-refractivity contribution in [2.75, 3.05) is 0 Å². The maximum atomic E-state index is 5.85. The largest absolute Gasteiger partial charge is 0.262 e. The van der Waals surface area contributed by atoms with Crippen LogP contribution in [0.2, 0.25) is 5.02 Å². The van der Waals surface area contributed by atoms with Gasteiger partial charge in [0.15, 0.2) is 0 Å². The Morgan fingerprint density at radius 1 is 1.54 bits per heavy atom. The van der Waals surface area contributed by atoms with E-state index in [1.807, 2.05) is 32.0 Å². The van der Waals surface area contributed by atoms with Crippen LogP contribution in [0.15, 0.2) is 35.5 Å². The molecule has 2 heteroatoms. The Balaban J connectivity index is 3.00. The lowest BCUT2D eigenvalue weighted by Gasteiger charge is -1.99. The minimum Gasteiger partial charge on any atom is -0.262 e. The van der Waals surface area contributed by atoms with Crippen LogP contribution in [0.5, 0.6) is 0 Å². The highest BCUT2D eigenvalue weighted by atomic mass is 35.5. The van der Waals surface area contributed by atoms with Crippen molar-refractivity contribution in [1.82, 2.24) is 0 Å². The molecule has 68 valence electrons. The lowest BCUT2D eigenvalue weighted by molar-refractivity contribution is 1.33. The number of benzene rings is 1. The van der Waals surface area contributed by atoms with E-state index in [4.69, 9.17) is 11.6 Å². The summed E-state index contributed by atoms with van der Waals surface area (Å²) in [6, 6.07) is 5.74. The number of allylic oxidation sites excluding steroid dienone is 1. The van der Waals surface area contributed by atoms with Crippen LogP contribution in [-0.4, -0.2) is 6.21 Å². The molecule has 0 atom stereocenters. The van der Waals surface area contributed by atoms with Crippen molar-refractivity contribution in [3.63, 3.8) is 0 Å². The fourth-order valence-corrected chi connectivity index (χ4v) is 1.11. The normalized spacial score (nSPS) is 10.7. The summed E-state index contributed by atoms with van der Waals surface area (Å²) < 4.78 is 0. The molecule has 0 saturated heterocycles. The summed E-state index contributed by atoms with van der Waals surface area (Å²) in [5.74, 6) is 0. The molecule has 1 rings (SSSR count). The Kier molecular flexibility index (Phi) is 3.26. The minimum absolute atomic E-state index is 0.730. The minimum atomic E-state index is 0.730. The van der Waals surface area contributed by atoms with Crippen molar-refractivity contribution in [2.45, 2.75) is 13.8 Å². The first-order chi connectivity index (χ1) is 6.09. The number of halogens is 1. The highest BCUT2D eigenvalue weighted by molar-refractivity contribution is 6.30. The van der Waals surface area contributed by atoms with Gasteiger partial charge in [-0.1, -0.05) is 24.2 Å². The van der Waals surface area contributed by atoms with Gasteiger partial charge >= 0.3 is 0 Å². The summed E-state index contributed by atoms with van der Waals surface area (Å²) in [7, 11) is 0. The predicted molar refractivity (Wildman–Crippen MR) is 58.6 cm³/mol. The van der Waals surface area contributed by atoms with E-state index in [1.54, 1.807) is 6.21 Å². The van der Waals surface area contributed by atoms with Gasteiger partial charge in [0.1, 0.15) is 0 Å². The zero-order valence-electron chi connectivity index (χ0n) is 7.84. The third-order valence-corrected chi connectivity index (χ3v) is 1.90. The highest BCUT2D eigenvalue weighted by Gasteiger charge is 1.95. The van der Waals surface area contributed by atoms with Crippen LogP contribution >= 0.6 is 11.6 Å². The van der Waals surface area contributed by atoms with Crippen LogP contribution in [0.4, 0.5) is 0 Å². The first-order valence-corrected chi connectivity index (χ1v) is 4.43. The SMILES string of the molecule is C=C(C)N=Cc1cc(Cl)ccc1C. The Hall–Kier alpha value is -1.08. The fraction of sp³-hybridized carbons (Fsp3) is 0.182. The summed E-state index contributed by atoms with van der Waals surface area (Å²) in [6.45, 7) is 7.57. The average molecular weight is 194 g/mol. The van der Waals surface area contributed by atoms with Gasteiger partial charge in [0.25, 0.3) is 0 Å². The van der Waals surface area contributed by atoms with Gasteiger partial charge in [-0.25, -0.2) is 0 Å². The standard InChI is InChI=1S/C11H12ClN/c1-8(2)13-7-10-6-11(12)5-4-9(10)3/h4-7H,1H2,2-3H3. The van der Waals surface area contributed by atoms with Gasteiger partial charge in [0.2, 0.25) is 0 Å². The third-order valence-electron chi connectivity index (χ3n) is 1.67. The molecule has 0 aliphatic rings. The average Bonchev–Trinajstić information content (AvgIpc) is 2.06. The third kappa shape index (κ3) is 3.03. The second kappa shape index (κ2) is 4.24. The fourth-order valence-electron chi connectivity index (χ4n) is 0.930. The van der Waals surface area contributed by atoms with Gasteiger partial charge in [-0.3, -0.25) is 4.99 Å². The molecule has 0 aliphatic heterocycles. The van der Waals surface area contributed by atoms with Crippen molar-refractivity contribution in [3.05, 3.63) is 46.6 Å². The van der Waals surface area contributed by atoms with Crippen LogP contribution in [0.3, 0.4) is 0 Å². The summed E-state index contributed by atoms with van der Waals surface area (Å²) in [5.41, 5.74) is 2.99. The van der Waals surface area contributed by atoms with E-state index < -0.39 is 0 Å².